The third kappa shape index (κ3) is 4.96. The van der Waals surface area contributed by atoms with E-state index < -0.39 is 10.0 Å². The summed E-state index contributed by atoms with van der Waals surface area (Å²) in [5, 5.41) is 2.76. The maximum absolute atomic E-state index is 12.7. The number of carbonyl (C=O) groups is 1. The SMILES string of the molecule is COc1ccc(C(=O)Nc2ccc(NS(=O)(=O)c3ccc4c(c3)OCCO4)cc2)cc1OC. The molecule has 1 aliphatic rings. The van der Waals surface area contributed by atoms with Crippen LogP contribution < -0.4 is 29.0 Å². The highest BCUT2D eigenvalue weighted by Crippen LogP contribution is 2.33. The van der Waals surface area contributed by atoms with Crippen molar-refractivity contribution >= 4 is 27.3 Å². The van der Waals surface area contributed by atoms with Crippen LogP contribution in [0.2, 0.25) is 0 Å². The lowest BCUT2D eigenvalue weighted by atomic mass is 10.2. The predicted octanol–water partition coefficient (Wildman–Crippen LogP) is 3.53. The fraction of sp³-hybridized carbons (Fsp3) is 0.174. The lowest BCUT2D eigenvalue weighted by Crippen LogP contribution is -2.17. The lowest BCUT2D eigenvalue weighted by molar-refractivity contribution is 0.102. The molecule has 0 saturated carbocycles. The van der Waals surface area contributed by atoms with Crippen LogP contribution in [0.4, 0.5) is 11.4 Å². The molecule has 0 bridgehead atoms. The second-order valence-electron chi connectivity index (χ2n) is 7.01. The first-order valence-corrected chi connectivity index (χ1v) is 11.4. The molecule has 3 aromatic rings. The maximum atomic E-state index is 12.7. The molecule has 0 aromatic heterocycles. The van der Waals surface area contributed by atoms with Gasteiger partial charge in [-0.25, -0.2) is 8.42 Å². The van der Waals surface area contributed by atoms with Crippen molar-refractivity contribution in [2.45, 2.75) is 4.90 Å². The van der Waals surface area contributed by atoms with Gasteiger partial charge in [0.15, 0.2) is 23.0 Å². The van der Waals surface area contributed by atoms with Crippen LogP contribution in [0.15, 0.2) is 65.6 Å². The average Bonchev–Trinajstić information content (AvgIpc) is 2.84. The second kappa shape index (κ2) is 9.29. The third-order valence-electron chi connectivity index (χ3n) is 4.86. The standard InChI is InChI=1S/C23H22N2O7S/c1-29-19-9-3-15(13-21(19)30-2)23(26)24-16-4-6-17(7-5-16)25-33(27,28)18-8-10-20-22(14-18)32-12-11-31-20/h3-10,13-14,25H,11-12H2,1-2H3,(H,24,26). The van der Waals surface area contributed by atoms with Gasteiger partial charge in [-0.05, 0) is 54.6 Å². The molecule has 0 radical (unpaired) electrons. The van der Waals surface area contributed by atoms with Gasteiger partial charge in [-0.1, -0.05) is 0 Å². The van der Waals surface area contributed by atoms with Gasteiger partial charge in [0.2, 0.25) is 0 Å². The van der Waals surface area contributed by atoms with Crippen molar-refractivity contribution in [1.29, 1.82) is 0 Å². The number of nitrogens with one attached hydrogen (secondary N) is 2. The molecule has 9 nitrogen and oxygen atoms in total. The summed E-state index contributed by atoms with van der Waals surface area (Å²) >= 11 is 0. The van der Waals surface area contributed by atoms with Crippen molar-refractivity contribution < 1.29 is 32.2 Å². The summed E-state index contributed by atoms with van der Waals surface area (Å²) in [6.45, 7) is 0.784. The van der Waals surface area contributed by atoms with E-state index in [9.17, 15) is 13.2 Å². The van der Waals surface area contributed by atoms with Crippen LogP contribution in [0.25, 0.3) is 0 Å². The number of sulfonamides is 1. The predicted molar refractivity (Wildman–Crippen MR) is 122 cm³/mol. The van der Waals surface area contributed by atoms with Crippen molar-refractivity contribution in [2.75, 3.05) is 37.5 Å². The minimum atomic E-state index is -3.84. The first-order chi connectivity index (χ1) is 15.9. The summed E-state index contributed by atoms with van der Waals surface area (Å²) in [5.41, 5.74) is 1.22. The van der Waals surface area contributed by atoms with Gasteiger partial charge in [0.25, 0.3) is 15.9 Å². The van der Waals surface area contributed by atoms with E-state index in [1.54, 1.807) is 48.5 Å². The summed E-state index contributed by atoms with van der Waals surface area (Å²) in [6, 6.07) is 15.6. The number of anilines is 2. The molecule has 4 rings (SSSR count). The molecular formula is C23H22N2O7S. The Kier molecular flexibility index (Phi) is 6.27. The Labute approximate surface area is 191 Å². The van der Waals surface area contributed by atoms with E-state index in [2.05, 4.69) is 10.0 Å². The zero-order valence-corrected chi connectivity index (χ0v) is 18.8. The Morgan fingerprint density at radius 2 is 1.48 bits per heavy atom. The number of hydrogen-bond donors (Lipinski definition) is 2. The summed E-state index contributed by atoms with van der Waals surface area (Å²) in [7, 11) is -0.833. The molecule has 0 aliphatic carbocycles. The normalized spacial score (nSPS) is 12.5. The molecule has 172 valence electrons. The van der Waals surface area contributed by atoms with Crippen LogP contribution in [0.3, 0.4) is 0 Å². The molecule has 1 aliphatic heterocycles. The molecule has 1 heterocycles. The molecule has 1 amide bonds. The number of rotatable bonds is 7. The van der Waals surface area contributed by atoms with Crippen LogP contribution >= 0.6 is 0 Å². The van der Waals surface area contributed by atoms with E-state index in [1.165, 1.54) is 26.4 Å². The highest BCUT2D eigenvalue weighted by molar-refractivity contribution is 7.92. The highest BCUT2D eigenvalue weighted by Gasteiger charge is 2.19. The smallest absolute Gasteiger partial charge is 0.262 e. The van der Waals surface area contributed by atoms with Gasteiger partial charge in [-0.3, -0.25) is 9.52 Å². The Balaban J connectivity index is 1.44. The number of methoxy groups -OCH3 is 2. The van der Waals surface area contributed by atoms with Gasteiger partial charge in [0, 0.05) is 23.0 Å². The van der Waals surface area contributed by atoms with Crippen molar-refractivity contribution in [3.05, 3.63) is 66.2 Å². The number of fused-ring (bicyclic) bond motifs is 1. The van der Waals surface area contributed by atoms with Gasteiger partial charge >= 0.3 is 0 Å². The van der Waals surface area contributed by atoms with Gasteiger partial charge in [0.05, 0.1) is 19.1 Å². The Morgan fingerprint density at radius 1 is 0.818 bits per heavy atom. The Bertz CT molecular complexity index is 1270. The first kappa shape index (κ1) is 22.3. The highest BCUT2D eigenvalue weighted by atomic mass is 32.2. The van der Waals surface area contributed by atoms with Gasteiger partial charge in [-0.15, -0.1) is 0 Å². The molecule has 0 saturated heterocycles. The number of carbonyl (C=O) groups excluding carboxylic acids is 1. The number of benzene rings is 3. The van der Waals surface area contributed by atoms with E-state index >= 15 is 0 Å². The molecule has 33 heavy (non-hydrogen) atoms. The van der Waals surface area contributed by atoms with Crippen LogP contribution in [0.1, 0.15) is 10.4 Å². The van der Waals surface area contributed by atoms with Gasteiger partial charge in [0.1, 0.15) is 13.2 Å². The molecular weight excluding hydrogens is 448 g/mol. The van der Waals surface area contributed by atoms with Gasteiger partial charge < -0.3 is 24.3 Å². The van der Waals surface area contributed by atoms with E-state index in [-0.39, 0.29) is 10.8 Å². The van der Waals surface area contributed by atoms with E-state index in [0.29, 0.717) is 53.2 Å². The van der Waals surface area contributed by atoms with Crippen molar-refractivity contribution in [1.82, 2.24) is 0 Å². The molecule has 0 unspecified atom stereocenters. The second-order valence-corrected chi connectivity index (χ2v) is 8.69. The number of ether oxygens (including phenoxy) is 4. The minimum Gasteiger partial charge on any atom is -0.493 e. The van der Waals surface area contributed by atoms with E-state index in [1.807, 2.05) is 0 Å². The molecule has 0 atom stereocenters. The fourth-order valence-corrected chi connectivity index (χ4v) is 4.28. The first-order valence-electron chi connectivity index (χ1n) is 9.95. The van der Waals surface area contributed by atoms with Crippen molar-refractivity contribution in [2.24, 2.45) is 0 Å². The van der Waals surface area contributed by atoms with Crippen LogP contribution in [0.5, 0.6) is 23.0 Å². The van der Waals surface area contributed by atoms with Crippen molar-refractivity contribution in [3.63, 3.8) is 0 Å². The topological polar surface area (TPSA) is 112 Å². The summed E-state index contributed by atoms with van der Waals surface area (Å²) < 4.78 is 49.3. The zero-order chi connectivity index (χ0) is 23.4. The molecule has 10 heteroatoms. The monoisotopic (exact) mass is 470 g/mol. The summed E-state index contributed by atoms with van der Waals surface area (Å²) in [4.78, 5) is 12.6. The number of hydrogen-bond acceptors (Lipinski definition) is 7. The average molecular weight is 471 g/mol. The van der Waals surface area contributed by atoms with E-state index in [4.69, 9.17) is 18.9 Å². The van der Waals surface area contributed by atoms with Gasteiger partial charge in [-0.2, -0.15) is 0 Å². The van der Waals surface area contributed by atoms with Crippen LogP contribution in [-0.4, -0.2) is 41.8 Å². The number of amides is 1. The summed E-state index contributed by atoms with van der Waals surface area (Å²) in [5.74, 6) is 1.51. The third-order valence-corrected chi connectivity index (χ3v) is 6.24. The van der Waals surface area contributed by atoms with Crippen LogP contribution in [-0.2, 0) is 10.0 Å². The fourth-order valence-electron chi connectivity index (χ4n) is 3.21. The Hall–Kier alpha value is -3.92. The van der Waals surface area contributed by atoms with Crippen molar-refractivity contribution in [3.8, 4) is 23.0 Å². The molecule has 0 spiro atoms. The minimum absolute atomic E-state index is 0.0533. The molecule has 3 aromatic carbocycles. The zero-order valence-electron chi connectivity index (χ0n) is 18.0. The quantitative estimate of drug-likeness (QED) is 0.543. The summed E-state index contributed by atoms with van der Waals surface area (Å²) in [6.07, 6.45) is 0. The molecule has 2 N–H and O–H groups in total. The van der Waals surface area contributed by atoms with E-state index in [0.717, 1.165) is 0 Å². The molecule has 0 fully saturated rings. The largest absolute Gasteiger partial charge is 0.493 e. The van der Waals surface area contributed by atoms with Crippen LogP contribution in [0, 0.1) is 0 Å². The lowest BCUT2D eigenvalue weighted by Gasteiger charge is -2.19. The maximum Gasteiger partial charge on any atom is 0.262 e. The Morgan fingerprint density at radius 3 is 2.18 bits per heavy atom.